The summed E-state index contributed by atoms with van der Waals surface area (Å²) in [4.78, 5) is 0. The van der Waals surface area contributed by atoms with Crippen LogP contribution in [0.1, 0.15) is 29.8 Å². The number of hydrogen-bond donors (Lipinski definition) is 1. The van der Waals surface area contributed by atoms with Crippen LogP contribution in [0.15, 0.2) is 24.3 Å². The number of halogens is 1. The summed E-state index contributed by atoms with van der Waals surface area (Å²) < 4.78 is 20.8. The quantitative estimate of drug-likeness (QED) is 0.913. The number of aromatic nitrogens is 2. The van der Waals surface area contributed by atoms with E-state index in [9.17, 15) is 4.39 Å². The van der Waals surface area contributed by atoms with Crippen LogP contribution in [0.25, 0.3) is 0 Å². The van der Waals surface area contributed by atoms with Gasteiger partial charge in [-0.1, -0.05) is 18.2 Å². The molecule has 0 aliphatic heterocycles. The average Bonchev–Trinajstić information content (AvgIpc) is 2.70. The Labute approximate surface area is 118 Å². The Balaban J connectivity index is 2.11. The van der Waals surface area contributed by atoms with E-state index in [1.807, 2.05) is 27.0 Å². The molecule has 20 heavy (non-hydrogen) atoms. The topological polar surface area (TPSA) is 39.1 Å². The lowest BCUT2D eigenvalue weighted by Gasteiger charge is -2.15. The molecule has 2 rings (SSSR count). The molecule has 2 aromatic rings. The summed E-state index contributed by atoms with van der Waals surface area (Å²) in [6.07, 6.45) is 0. The zero-order chi connectivity index (χ0) is 14.7. The molecule has 1 aromatic carbocycles. The van der Waals surface area contributed by atoms with Crippen LogP contribution in [-0.2, 0) is 13.6 Å². The molecule has 0 saturated carbocycles. The van der Waals surface area contributed by atoms with Crippen molar-refractivity contribution in [3.05, 3.63) is 46.9 Å². The first-order valence-corrected chi connectivity index (χ1v) is 6.58. The van der Waals surface area contributed by atoms with E-state index >= 15 is 0 Å². The third-order valence-electron chi connectivity index (χ3n) is 3.44. The number of nitrogens with zero attached hydrogens (tertiary/aromatic N) is 2. The van der Waals surface area contributed by atoms with Crippen molar-refractivity contribution in [2.24, 2.45) is 7.05 Å². The lowest BCUT2D eigenvalue weighted by molar-refractivity contribution is 0.367. The summed E-state index contributed by atoms with van der Waals surface area (Å²) in [5, 5.41) is 7.64. The summed E-state index contributed by atoms with van der Waals surface area (Å²) >= 11 is 0. The molecular weight excluding hydrogens is 257 g/mol. The van der Waals surface area contributed by atoms with Crippen LogP contribution in [0, 0.1) is 12.7 Å². The van der Waals surface area contributed by atoms with Gasteiger partial charge >= 0.3 is 0 Å². The second-order valence-electron chi connectivity index (χ2n) is 4.82. The Morgan fingerprint density at radius 1 is 1.40 bits per heavy atom. The van der Waals surface area contributed by atoms with Crippen LogP contribution in [-0.4, -0.2) is 16.9 Å². The molecule has 0 bridgehead atoms. The van der Waals surface area contributed by atoms with Gasteiger partial charge in [-0.3, -0.25) is 0 Å². The highest BCUT2D eigenvalue weighted by atomic mass is 19.1. The maximum absolute atomic E-state index is 13.7. The van der Waals surface area contributed by atoms with E-state index in [1.54, 1.807) is 23.9 Å². The fourth-order valence-electron chi connectivity index (χ4n) is 2.33. The first-order valence-electron chi connectivity index (χ1n) is 6.58. The van der Waals surface area contributed by atoms with Crippen LogP contribution in [0.5, 0.6) is 5.88 Å². The highest BCUT2D eigenvalue weighted by Crippen LogP contribution is 2.22. The molecule has 0 aliphatic carbocycles. The number of benzene rings is 1. The Kier molecular flexibility index (Phi) is 4.39. The minimum Gasteiger partial charge on any atom is -0.481 e. The third-order valence-corrected chi connectivity index (χ3v) is 3.44. The van der Waals surface area contributed by atoms with Crippen LogP contribution in [0.3, 0.4) is 0 Å². The predicted octanol–water partition coefficient (Wildman–Crippen LogP) is 2.73. The van der Waals surface area contributed by atoms with Crippen molar-refractivity contribution in [2.45, 2.75) is 26.4 Å². The SMILES string of the molecule is COc1c(CN[C@H](C)c2ccccc2F)c(C)nn1C. The van der Waals surface area contributed by atoms with Crippen molar-refractivity contribution >= 4 is 0 Å². The van der Waals surface area contributed by atoms with Gasteiger partial charge in [-0.05, 0) is 19.9 Å². The molecule has 5 heteroatoms. The Hall–Kier alpha value is -1.88. The van der Waals surface area contributed by atoms with Gasteiger partial charge in [-0.2, -0.15) is 5.10 Å². The van der Waals surface area contributed by atoms with Gasteiger partial charge in [0.1, 0.15) is 5.82 Å². The van der Waals surface area contributed by atoms with Crippen LogP contribution in [0.2, 0.25) is 0 Å². The van der Waals surface area contributed by atoms with Gasteiger partial charge in [0, 0.05) is 25.2 Å². The van der Waals surface area contributed by atoms with Crippen LogP contribution >= 0.6 is 0 Å². The average molecular weight is 277 g/mol. The number of ether oxygens (including phenoxy) is 1. The van der Waals surface area contributed by atoms with Crippen molar-refractivity contribution in [1.29, 1.82) is 0 Å². The van der Waals surface area contributed by atoms with E-state index in [-0.39, 0.29) is 11.9 Å². The molecule has 0 saturated heterocycles. The van der Waals surface area contributed by atoms with Gasteiger partial charge in [-0.15, -0.1) is 0 Å². The third kappa shape index (κ3) is 2.82. The molecule has 108 valence electrons. The zero-order valence-corrected chi connectivity index (χ0v) is 12.3. The molecule has 1 N–H and O–H groups in total. The molecule has 0 aliphatic rings. The monoisotopic (exact) mass is 277 g/mol. The van der Waals surface area contributed by atoms with Gasteiger partial charge in [0.25, 0.3) is 0 Å². The van der Waals surface area contributed by atoms with Crippen molar-refractivity contribution in [2.75, 3.05) is 7.11 Å². The van der Waals surface area contributed by atoms with Gasteiger partial charge < -0.3 is 10.1 Å². The van der Waals surface area contributed by atoms with Crippen molar-refractivity contribution in [3.63, 3.8) is 0 Å². The van der Waals surface area contributed by atoms with E-state index < -0.39 is 0 Å². The van der Waals surface area contributed by atoms with E-state index in [1.165, 1.54) is 6.07 Å². The summed E-state index contributed by atoms with van der Waals surface area (Å²) in [7, 11) is 3.47. The van der Waals surface area contributed by atoms with E-state index in [0.717, 1.165) is 17.1 Å². The van der Waals surface area contributed by atoms with Gasteiger partial charge in [0.2, 0.25) is 5.88 Å². The van der Waals surface area contributed by atoms with Crippen LogP contribution in [0.4, 0.5) is 4.39 Å². The number of nitrogens with one attached hydrogen (secondary N) is 1. The van der Waals surface area contributed by atoms with Crippen LogP contribution < -0.4 is 10.1 Å². The second kappa shape index (κ2) is 6.05. The molecule has 1 heterocycles. The van der Waals surface area contributed by atoms with Crippen molar-refractivity contribution in [1.82, 2.24) is 15.1 Å². The highest BCUT2D eigenvalue weighted by molar-refractivity contribution is 5.31. The minimum absolute atomic E-state index is 0.0829. The first-order chi connectivity index (χ1) is 9.54. The molecule has 0 unspecified atom stereocenters. The molecule has 1 aromatic heterocycles. The van der Waals surface area contributed by atoms with Gasteiger partial charge in [0.15, 0.2) is 0 Å². The highest BCUT2D eigenvalue weighted by Gasteiger charge is 2.16. The number of aryl methyl sites for hydroxylation is 2. The normalized spacial score (nSPS) is 12.4. The minimum atomic E-state index is -0.192. The fraction of sp³-hybridized carbons (Fsp3) is 0.400. The fourth-order valence-corrected chi connectivity index (χ4v) is 2.33. The van der Waals surface area contributed by atoms with Gasteiger partial charge in [-0.25, -0.2) is 9.07 Å². The molecule has 1 atom stereocenters. The Morgan fingerprint density at radius 3 is 2.75 bits per heavy atom. The van der Waals surface area contributed by atoms with E-state index in [2.05, 4.69) is 10.4 Å². The lowest BCUT2D eigenvalue weighted by atomic mass is 10.1. The van der Waals surface area contributed by atoms with Crippen molar-refractivity contribution < 1.29 is 9.13 Å². The van der Waals surface area contributed by atoms with E-state index in [0.29, 0.717) is 12.1 Å². The summed E-state index contributed by atoms with van der Waals surface area (Å²) in [5.74, 6) is 0.540. The summed E-state index contributed by atoms with van der Waals surface area (Å²) in [6, 6.07) is 6.72. The summed E-state index contributed by atoms with van der Waals surface area (Å²) in [6.45, 7) is 4.46. The standard InChI is InChI=1S/C15H20FN3O/c1-10(12-7-5-6-8-14(12)16)17-9-13-11(2)18-19(3)15(13)20-4/h5-8,10,17H,9H2,1-4H3/t10-/m1/s1. The smallest absolute Gasteiger partial charge is 0.216 e. The molecule has 4 nitrogen and oxygen atoms in total. The first kappa shape index (κ1) is 14.5. The number of rotatable bonds is 5. The number of hydrogen-bond acceptors (Lipinski definition) is 3. The lowest BCUT2D eigenvalue weighted by Crippen LogP contribution is -2.19. The molecular formula is C15H20FN3O. The molecule has 0 fully saturated rings. The summed E-state index contributed by atoms with van der Waals surface area (Å²) in [5.41, 5.74) is 2.57. The molecule has 0 spiro atoms. The molecule has 0 amide bonds. The van der Waals surface area contributed by atoms with Gasteiger partial charge in [0.05, 0.1) is 18.4 Å². The zero-order valence-electron chi connectivity index (χ0n) is 12.3. The Bertz CT molecular complexity index is 595. The van der Waals surface area contributed by atoms with Crippen molar-refractivity contribution in [3.8, 4) is 5.88 Å². The molecule has 0 radical (unpaired) electrons. The Morgan fingerprint density at radius 2 is 2.10 bits per heavy atom. The maximum atomic E-state index is 13.7. The predicted molar refractivity (Wildman–Crippen MR) is 76.2 cm³/mol. The van der Waals surface area contributed by atoms with E-state index in [4.69, 9.17) is 4.74 Å². The largest absolute Gasteiger partial charge is 0.481 e. The second-order valence-corrected chi connectivity index (χ2v) is 4.82. The maximum Gasteiger partial charge on any atom is 0.216 e. The number of methoxy groups -OCH3 is 1.